The monoisotopic (exact) mass is 367 g/mol. The molecule has 1 amide bonds. The second kappa shape index (κ2) is 6.72. The van der Waals surface area contributed by atoms with Crippen molar-refractivity contribution in [3.63, 3.8) is 0 Å². The molecule has 0 aliphatic rings. The van der Waals surface area contributed by atoms with E-state index in [0.717, 1.165) is 4.57 Å². The van der Waals surface area contributed by atoms with Crippen LogP contribution in [0.4, 0.5) is 0 Å². The number of pyridine rings is 2. The lowest BCUT2D eigenvalue weighted by molar-refractivity contribution is -0.153. The number of hydrogen-bond acceptors (Lipinski definition) is 6. The normalized spacial score (nSPS) is 11.4. The van der Waals surface area contributed by atoms with E-state index in [9.17, 15) is 19.5 Å². The van der Waals surface area contributed by atoms with Crippen LogP contribution >= 0.6 is 11.6 Å². The number of aryl methyl sites for hydroxylation is 1. The molecule has 0 radical (unpaired) electrons. The van der Waals surface area contributed by atoms with E-state index in [0.29, 0.717) is 0 Å². The van der Waals surface area contributed by atoms with Crippen molar-refractivity contribution in [3.8, 4) is 5.75 Å². The first-order chi connectivity index (χ1) is 11.5. The van der Waals surface area contributed by atoms with Crippen LogP contribution in [0.15, 0.2) is 17.1 Å². The van der Waals surface area contributed by atoms with E-state index < -0.39 is 40.9 Å². The minimum absolute atomic E-state index is 0.0214. The van der Waals surface area contributed by atoms with Gasteiger partial charge in [0.2, 0.25) is 0 Å². The molecule has 0 aliphatic carbocycles. The van der Waals surface area contributed by atoms with Crippen LogP contribution in [0.2, 0.25) is 5.15 Å². The summed E-state index contributed by atoms with van der Waals surface area (Å²) in [6, 6.07) is 1.43. The molecule has 9 heteroatoms. The summed E-state index contributed by atoms with van der Waals surface area (Å²) in [5.41, 5.74) is -1.75. The van der Waals surface area contributed by atoms with Crippen LogP contribution in [0.1, 0.15) is 31.1 Å². The average molecular weight is 368 g/mol. The van der Waals surface area contributed by atoms with Crippen LogP contribution < -0.4 is 10.9 Å². The van der Waals surface area contributed by atoms with Crippen LogP contribution in [-0.2, 0) is 16.6 Å². The van der Waals surface area contributed by atoms with Gasteiger partial charge in [-0.15, -0.1) is 0 Å². The van der Waals surface area contributed by atoms with Gasteiger partial charge in [0.15, 0.2) is 5.15 Å². The van der Waals surface area contributed by atoms with E-state index in [1.165, 1.54) is 19.3 Å². The maximum atomic E-state index is 12.4. The smallest absolute Gasteiger partial charge is 0.325 e. The lowest BCUT2D eigenvalue weighted by Crippen LogP contribution is -2.37. The zero-order chi connectivity index (χ0) is 18.9. The lowest BCUT2D eigenvalue weighted by Gasteiger charge is -2.19. The van der Waals surface area contributed by atoms with E-state index in [1.807, 2.05) is 0 Å². The minimum Gasteiger partial charge on any atom is -0.506 e. The number of fused-ring (bicyclic) bond motifs is 1. The van der Waals surface area contributed by atoms with E-state index in [-0.39, 0.29) is 16.1 Å². The number of ether oxygens (including phenoxy) is 1. The van der Waals surface area contributed by atoms with Gasteiger partial charge in [0, 0.05) is 18.6 Å². The zero-order valence-electron chi connectivity index (χ0n) is 14.2. The van der Waals surface area contributed by atoms with E-state index in [4.69, 9.17) is 16.3 Å². The van der Waals surface area contributed by atoms with Gasteiger partial charge in [0.1, 0.15) is 23.5 Å². The van der Waals surface area contributed by atoms with Gasteiger partial charge in [-0.25, -0.2) is 4.98 Å². The summed E-state index contributed by atoms with van der Waals surface area (Å²) in [5.74, 6) is -2.08. The Morgan fingerprint density at radius 2 is 2.04 bits per heavy atom. The molecule has 2 aromatic rings. The second-order valence-electron chi connectivity index (χ2n) is 6.35. The topological polar surface area (TPSA) is 111 Å². The second-order valence-corrected chi connectivity index (χ2v) is 6.71. The van der Waals surface area contributed by atoms with Gasteiger partial charge in [-0.3, -0.25) is 14.4 Å². The van der Waals surface area contributed by atoms with Gasteiger partial charge in [0.25, 0.3) is 11.5 Å². The van der Waals surface area contributed by atoms with E-state index in [1.54, 1.807) is 20.8 Å². The van der Waals surface area contributed by atoms with Crippen molar-refractivity contribution in [2.75, 3.05) is 6.54 Å². The molecule has 0 aromatic carbocycles. The van der Waals surface area contributed by atoms with Crippen molar-refractivity contribution >= 4 is 34.4 Å². The van der Waals surface area contributed by atoms with Crippen molar-refractivity contribution in [1.82, 2.24) is 14.9 Å². The third-order valence-corrected chi connectivity index (χ3v) is 3.54. The van der Waals surface area contributed by atoms with Crippen molar-refractivity contribution in [2.45, 2.75) is 26.4 Å². The molecule has 2 aromatic heterocycles. The average Bonchev–Trinajstić information content (AvgIpc) is 2.49. The Balaban J connectivity index is 2.37. The number of carbonyl (C=O) groups excluding carboxylic acids is 2. The third kappa shape index (κ3) is 3.90. The Morgan fingerprint density at radius 3 is 2.64 bits per heavy atom. The summed E-state index contributed by atoms with van der Waals surface area (Å²) >= 11 is 5.96. The molecular formula is C16H18ClN3O5. The van der Waals surface area contributed by atoms with Gasteiger partial charge in [0.05, 0.1) is 5.52 Å². The predicted molar refractivity (Wildman–Crippen MR) is 91.8 cm³/mol. The van der Waals surface area contributed by atoms with Crippen molar-refractivity contribution in [3.05, 3.63) is 33.3 Å². The molecule has 0 aliphatic heterocycles. The Hall–Kier alpha value is -2.61. The Bertz CT molecular complexity index is 915. The van der Waals surface area contributed by atoms with Crippen molar-refractivity contribution < 1.29 is 19.4 Å². The van der Waals surface area contributed by atoms with E-state index in [2.05, 4.69) is 10.3 Å². The Kier molecular flexibility index (Phi) is 5.03. The van der Waals surface area contributed by atoms with Crippen LogP contribution in [-0.4, -0.2) is 38.7 Å². The summed E-state index contributed by atoms with van der Waals surface area (Å²) in [5, 5.41) is 12.8. The Labute approximate surface area is 148 Å². The lowest BCUT2D eigenvalue weighted by atomic mass is 10.1. The Morgan fingerprint density at radius 1 is 1.40 bits per heavy atom. The highest BCUT2D eigenvalue weighted by atomic mass is 35.5. The fourth-order valence-corrected chi connectivity index (χ4v) is 2.55. The molecule has 134 valence electrons. The molecule has 2 heterocycles. The summed E-state index contributed by atoms with van der Waals surface area (Å²) < 4.78 is 6.19. The maximum Gasteiger partial charge on any atom is 0.325 e. The standard InChI is InChI=1S/C16H18ClN3O5/c1-16(2,3)25-9(21)7-19-14(23)10-12(22)8-5-6-18-13(17)11(8)20(4)15(10)24/h5-6,22H,7H2,1-4H3,(H,19,23). The number of nitrogens with one attached hydrogen (secondary N) is 1. The molecule has 2 N–H and O–H groups in total. The molecular weight excluding hydrogens is 350 g/mol. The van der Waals surface area contributed by atoms with Gasteiger partial charge >= 0.3 is 5.97 Å². The number of rotatable bonds is 3. The van der Waals surface area contributed by atoms with Crippen LogP contribution in [0, 0.1) is 0 Å². The molecule has 0 atom stereocenters. The minimum atomic E-state index is -0.890. The number of carbonyl (C=O) groups is 2. The van der Waals surface area contributed by atoms with Crippen molar-refractivity contribution in [1.29, 1.82) is 0 Å². The predicted octanol–water partition coefficient (Wildman–Crippen LogP) is 1.36. The number of hydrogen-bond donors (Lipinski definition) is 2. The first-order valence-corrected chi connectivity index (χ1v) is 7.77. The molecule has 2 rings (SSSR count). The fourth-order valence-electron chi connectivity index (χ4n) is 2.27. The van der Waals surface area contributed by atoms with E-state index >= 15 is 0 Å². The largest absolute Gasteiger partial charge is 0.506 e. The molecule has 0 fully saturated rings. The summed E-state index contributed by atoms with van der Waals surface area (Å²) in [7, 11) is 1.41. The quantitative estimate of drug-likeness (QED) is 0.626. The molecule has 25 heavy (non-hydrogen) atoms. The highest BCUT2D eigenvalue weighted by Crippen LogP contribution is 2.29. The van der Waals surface area contributed by atoms with Gasteiger partial charge in [-0.1, -0.05) is 11.6 Å². The highest BCUT2D eigenvalue weighted by molar-refractivity contribution is 6.34. The molecule has 0 saturated carbocycles. The van der Waals surface area contributed by atoms with Gasteiger partial charge in [-0.2, -0.15) is 0 Å². The number of halogens is 1. The summed E-state index contributed by atoms with van der Waals surface area (Å²) in [6.07, 6.45) is 1.34. The molecule has 0 spiro atoms. The fraction of sp³-hybridized carbons (Fsp3) is 0.375. The van der Waals surface area contributed by atoms with Crippen LogP contribution in [0.5, 0.6) is 5.75 Å². The summed E-state index contributed by atoms with van der Waals surface area (Å²) in [4.78, 5) is 40.2. The number of aromatic hydroxyl groups is 1. The van der Waals surface area contributed by atoms with Gasteiger partial charge in [-0.05, 0) is 26.8 Å². The van der Waals surface area contributed by atoms with Gasteiger partial charge < -0.3 is 19.7 Å². The number of esters is 1. The third-order valence-electron chi connectivity index (χ3n) is 3.27. The first-order valence-electron chi connectivity index (χ1n) is 7.39. The van der Waals surface area contributed by atoms with Crippen LogP contribution in [0.25, 0.3) is 10.9 Å². The number of amides is 1. The van der Waals surface area contributed by atoms with Crippen LogP contribution in [0.3, 0.4) is 0 Å². The molecule has 0 bridgehead atoms. The molecule has 0 saturated heterocycles. The molecule has 0 unspecified atom stereocenters. The SMILES string of the molecule is Cn1c(=O)c(C(=O)NCC(=O)OC(C)(C)C)c(O)c2ccnc(Cl)c21. The van der Waals surface area contributed by atoms with Crippen molar-refractivity contribution in [2.24, 2.45) is 7.05 Å². The first kappa shape index (κ1) is 18.7. The molecule has 8 nitrogen and oxygen atoms in total. The highest BCUT2D eigenvalue weighted by Gasteiger charge is 2.24. The zero-order valence-corrected chi connectivity index (χ0v) is 15.0. The summed E-state index contributed by atoms with van der Waals surface area (Å²) in [6.45, 7) is 4.63. The maximum absolute atomic E-state index is 12.4. The number of nitrogens with zero attached hydrogens (tertiary/aromatic N) is 2. The number of aromatic nitrogens is 2.